The van der Waals surface area contributed by atoms with Crippen LogP contribution in [0, 0.1) is 11.8 Å². The van der Waals surface area contributed by atoms with Gasteiger partial charge in [0.1, 0.15) is 18.5 Å². The van der Waals surface area contributed by atoms with E-state index in [1.54, 1.807) is 6.08 Å². The fourth-order valence-electron chi connectivity index (χ4n) is 3.70. The van der Waals surface area contributed by atoms with Crippen molar-refractivity contribution in [2.75, 3.05) is 13.2 Å². The smallest absolute Gasteiger partial charge is 0.194 e. The first-order chi connectivity index (χ1) is 16.6. The molecule has 0 aromatic heterocycles. The van der Waals surface area contributed by atoms with E-state index in [0.29, 0.717) is 13.0 Å². The summed E-state index contributed by atoms with van der Waals surface area (Å²) in [5.41, 5.74) is 2.14. The third-order valence-electron chi connectivity index (χ3n) is 6.81. The molecule has 0 N–H and O–H groups in total. The number of allylic oxidation sites excluding steroid dienone is 1. The minimum absolute atomic E-state index is 0.0684. The van der Waals surface area contributed by atoms with Gasteiger partial charge in [-0.3, -0.25) is 0 Å². The van der Waals surface area contributed by atoms with E-state index in [1.807, 2.05) is 18.2 Å². The Bertz CT molecular complexity index is 869. The first kappa shape index (κ1) is 29.4. The van der Waals surface area contributed by atoms with Crippen LogP contribution in [0.25, 0.3) is 0 Å². The summed E-state index contributed by atoms with van der Waals surface area (Å²) in [5, 5.41) is 0.0742. The molecule has 194 valence electrons. The molecule has 1 aromatic rings. The molecule has 35 heavy (non-hydrogen) atoms. The number of ether oxygens (including phenoxy) is 3. The van der Waals surface area contributed by atoms with Crippen LogP contribution >= 0.6 is 0 Å². The standard InChI is InChI=1S/C30H46O4Si/c1-9-16-25-26(18-15-20-27(25)31-22-10-2)28(34-35(7,8)30(4,5)6)19-12-11-17-24(3)33-29-21-13-14-23-32-29/h9-10,15,18,20,24,28-29H,1-2,11,13-14,16-17,21-23H2,3-8H3/t24-,28?,29?/m0/s1. The zero-order valence-electron chi connectivity index (χ0n) is 22.8. The van der Waals surface area contributed by atoms with Crippen molar-refractivity contribution in [1.29, 1.82) is 0 Å². The maximum absolute atomic E-state index is 6.87. The lowest BCUT2D eigenvalue weighted by Crippen LogP contribution is -2.41. The summed E-state index contributed by atoms with van der Waals surface area (Å²) in [4.78, 5) is 0. The van der Waals surface area contributed by atoms with Crippen LogP contribution in [0.3, 0.4) is 0 Å². The number of benzene rings is 1. The third-order valence-corrected chi connectivity index (χ3v) is 11.2. The van der Waals surface area contributed by atoms with E-state index < -0.39 is 8.32 Å². The lowest BCUT2D eigenvalue weighted by atomic mass is 9.98. The van der Waals surface area contributed by atoms with Crippen LogP contribution in [-0.2, 0) is 20.3 Å². The molecular formula is C30H46O4Si. The summed E-state index contributed by atoms with van der Waals surface area (Å²) in [6, 6.07) is 6.12. The molecule has 0 saturated carbocycles. The number of rotatable bonds is 12. The lowest BCUT2D eigenvalue weighted by Gasteiger charge is -2.38. The Morgan fingerprint density at radius 3 is 2.60 bits per heavy atom. The van der Waals surface area contributed by atoms with Crippen molar-refractivity contribution in [3.8, 4) is 17.6 Å². The van der Waals surface area contributed by atoms with E-state index in [9.17, 15) is 0 Å². The Hall–Kier alpha value is -1.84. The van der Waals surface area contributed by atoms with E-state index in [0.717, 1.165) is 49.2 Å². The zero-order valence-corrected chi connectivity index (χ0v) is 23.8. The van der Waals surface area contributed by atoms with Crippen LogP contribution in [0.15, 0.2) is 43.5 Å². The van der Waals surface area contributed by atoms with E-state index in [-0.39, 0.29) is 23.5 Å². The molecular weight excluding hydrogens is 452 g/mol. The molecule has 1 heterocycles. The maximum Gasteiger partial charge on any atom is 0.194 e. The molecule has 1 aliphatic rings. The van der Waals surface area contributed by atoms with Crippen molar-refractivity contribution < 1.29 is 18.6 Å². The van der Waals surface area contributed by atoms with Gasteiger partial charge in [0.05, 0.1) is 6.10 Å². The van der Waals surface area contributed by atoms with Crippen LogP contribution in [0.4, 0.5) is 0 Å². The van der Waals surface area contributed by atoms with Gasteiger partial charge in [0.15, 0.2) is 14.6 Å². The van der Waals surface area contributed by atoms with Gasteiger partial charge < -0.3 is 18.6 Å². The van der Waals surface area contributed by atoms with E-state index in [2.05, 4.69) is 71.9 Å². The minimum Gasteiger partial charge on any atom is -0.489 e. The summed E-state index contributed by atoms with van der Waals surface area (Å²) < 4.78 is 24.6. The van der Waals surface area contributed by atoms with E-state index in [1.165, 1.54) is 6.42 Å². The summed E-state index contributed by atoms with van der Waals surface area (Å²) >= 11 is 0. The first-order valence-corrected chi connectivity index (χ1v) is 15.9. The van der Waals surface area contributed by atoms with Crippen molar-refractivity contribution in [3.63, 3.8) is 0 Å². The van der Waals surface area contributed by atoms with Crippen LogP contribution in [0.2, 0.25) is 18.1 Å². The second kappa shape index (κ2) is 14.0. The van der Waals surface area contributed by atoms with E-state index >= 15 is 0 Å². The summed E-state index contributed by atoms with van der Waals surface area (Å²) in [6.45, 7) is 22.4. The molecule has 3 atom stereocenters. The molecule has 4 nitrogen and oxygen atoms in total. The second-order valence-corrected chi connectivity index (χ2v) is 15.5. The molecule has 0 bridgehead atoms. The van der Waals surface area contributed by atoms with Gasteiger partial charge in [0, 0.05) is 18.6 Å². The SMILES string of the molecule is C=CCOc1cccc(C(C#CCC[C@H](C)OC2CCCCO2)O[Si](C)(C)C(C)(C)C)c1CC=C. The molecule has 2 unspecified atom stereocenters. The largest absolute Gasteiger partial charge is 0.489 e. The van der Waals surface area contributed by atoms with Crippen LogP contribution in [0.1, 0.15) is 77.0 Å². The van der Waals surface area contributed by atoms with Gasteiger partial charge in [-0.15, -0.1) is 12.5 Å². The Labute approximate surface area is 215 Å². The molecule has 1 aliphatic heterocycles. The van der Waals surface area contributed by atoms with Gasteiger partial charge >= 0.3 is 0 Å². The predicted octanol–water partition coefficient (Wildman–Crippen LogP) is 7.76. The molecule has 1 aromatic carbocycles. The molecule has 0 radical (unpaired) electrons. The molecule has 1 saturated heterocycles. The van der Waals surface area contributed by atoms with Gasteiger partial charge in [0.2, 0.25) is 0 Å². The molecule has 2 rings (SSSR count). The summed E-state index contributed by atoms with van der Waals surface area (Å²) in [5.74, 6) is 7.71. The predicted molar refractivity (Wildman–Crippen MR) is 148 cm³/mol. The minimum atomic E-state index is -2.08. The van der Waals surface area contributed by atoms with Gasteiger partial charge in [-0.1, -0.05) is 57.6 Å². The van der Waals surface area contributed by atoms with Gasteiger partial charge in [0.25, 0.3) is 0 Å². The zero-order chi connectivity index (χ0) is 25.9. The molecule has 0 spiro atoms. The first-order valence-electron chi connectivity index (χ1n) is 13.0. The normalized spacial score (nSPS) is 18.2. The average Bonchev–Trinajstić information content (AvgIpc) is 2.80. The van der Waals surface area contributed by atoms with E-state index in [4.69, 9.17) is 18.6 Å². The van der Waals surface area contributed by atoms with Crippen LogP contribution in [-0.4, -0.2) is 33.9 Å². The van der Waals surface area contributed by atoms with Gasteiger partial charge in [-0.25, -0.2) is 0 Å². The lowest BCUT2D eigenvalue weighted by molar-refractivity contribution is -0.185. The highest BCUT2D eigenvalue weighted by Crippen LogP contribution is 2.41. The summed E-state index contributed by atoms with van der Waals surface area (Å²) in [6.07, 6.45) is 8.96. The highest BCUT2D eigenvalue weighted by atomic mass is 28.4. The van der Waals surface area contributed by atoms with Crippen molar-refractivity contribution in [1.82, 2.24) is 0 Å². The monoisotopic (exact) mass is 498 g/mol. The highest BCUT2D eigenvalue weighted by molar-refractivity contribution is 6.74. The molecule has 5 heteroatoms. The van der Waals surface area contributed by atoms with Gasteiger partial charge in [-0.2, -0.15) is 0 Å². The Kier molecular flexibility index (Phi) is 11.8. The summed E-state index contributed by atoms with van der Waals surface area (Å²) in [7, 11) is -2.08. The fraction of sp³-hybridized carbons (Fsp3) is 0.600. The molecule has 1 fully saturated rings. The second-order valence-electron chi connectivity index (χ2n) is 10.8. The fourth-order valence-corrected chi connectivity index (χ4v) is 4.83. The van der Waals surface area contributed by atoms with Crippen LogP contribution < -0.4 is 4.74 Å². The quantitative estimate of drug-likeness (QED) is 0.168. The number of hydrogen-bond donors (Lipinski definition) is 0. The van der Waals surface area contributed by atoms with Crippen molar-refractivity contribution >= 4 is 8.32 Å². The Balaban J connectivity index is 2.25. The Morgan fingerprint density at radius 1 is 1.20 bits per heavy atom. The van der Waals surface area contributed by atoms with Crippen molar-refractivity contribution in [2.45, 2.75) is 103 Å². The Morgan fingerprint density at radius 2 is 1.97 bits per heavy atom. The molecule has 0 amide bonds. The van der Waals surface area contributed by atoms with Gasteiger partial charge in [-0.05, 0) is 68.8 Å². The van der Waals surface area contributed by atoms with Crippen LogP contribution in [0.5, 0.6) is 5.75 Å². The van der Waals surface area contributed by atoms with Crippen molar-refractivity contribution in [2.24, 2.45) is 0 Å². The van der Waals surface area contributed by atoms with Crippen molar-refractivity contribution in [3.05, 3.63) is 54.6 Å². The highest BCUT2D eigenvalue weighted by Gasteiger charge is 2.39. The third kappa shape index (κ3) is 9.27. The topological polar surface area (TPSA) is 36.9 Å². The number of hydrogen-bond acceptors (Lipinski definition) is 4. The maximum atomic E-state index is 6.87. The molecule has 0 aliphatic carbocycles. The average molecular weight is 499 g/mol.